The fraction of sp³-hybridized carbons (Fsp3) is 0.353. The van der Waals surface area contributed by atoms with E-state index in [-0.39, 0.29) is 12.5 Å². The van der Waals surface area contributed by atoms with Crippen LogP contribution in [0.25, 0.3) is 6.08 Å². The van der Waals surface area contributed by atoms with Gasteiger partial charge in [0.15, 0.2) is 23.3 Å². The Morgan fingerprint density at radius 2 is 2.12 bits per heavy atom. The highest BCUT2D eigenvalue weighted by atomic mass is 32.2. The molecular formula is C17H20N2O5S. The standard InChI is InChI=1S/C17H20N2O5S/c1-5-23-15(20)10-24-12-7-6-11(8-13(12)22-4)9-14-16(21)19(3)17(18-2)25-14/h6-9H,5,10H2,1-4H3/b14-9+,18-17?. The van der Waals surface area contributed by atoms with Gasteiger partial charge >= 0.3 is 5.97 Å². The summed E-state index contributed by atoms with van der Waals surface area (Å²) < 4.78 is 15.5. The van der Waals surface area contributed by atoms with E-state index in [1.807, 2.05) is 0 Å². The number of aliphatic imine (C=N–C) groups is 1. The second kappa shape index (κ2) is 8.57. The number of amides is 1. The monoisotopic (exact) mass is 364 g/mol. The number of amidine groups is 1. The number of rotatable bonds is 6. The molecule has 0 atom stereocenters. The molecule has 25 heavy (non-hydrogen) atoms. The Morgan fingerprint density at radius 3 is 2.72 bits per heavy atom. The Bertz CT molecular complexity index is 730. The number of hydrogen-bond acceptors (Lipinski definition) is 7. The molecule has 0 saturated carbocycles. The van der Waals surface area contributed by atoms with Crippen LogP contribution in [0.5, 0.6) is 11.5 Å². The Kier molecular flexibility index (Phi) is 6.46. The van der Waals surface area contributed by atoms with E-state index < -0.39 is 5.97 Å². The molecule has 8 heteroatoms. The number of ether oxygens (including phenoxy) is 3. The highest BCUT2D eigenvalue weighted by Gasteiger charge is 2.29. The predicted molar refractivity (Wildman–Crippen MR) is 96.8 cm³/mol. The Morgan fingerprint density at radius 1 is 1.36 bits per heavy atom. The number of benzene rings is 1. The predicted octanol–water partition coefficient (Wildman–Crippen LogP) is 2.17. The van der Waals surface area contributed by atoms with Gasteiger partial charge in [0.1, 0.15) is 0 Å². The lowest BCUT2D eigenvalue weighted by molar-refractivity contribution is -0.145. The molecule has 134 valence electrons. The fourth-order valence-electron chi connectivity index (χ4n) is 2.13. The number of carbonyl (C=O) groups excluding carboxylic acids is 2. The lowest BCUT2D eigenvalue weighted by Crippen LogP contribution is -2.23. The first-order chi connectivity index (χ1) is 12.0. The van der Waals surface area contributed by atoms with Gasteiger partial charge in [-0.1, -0.05) is 6.07 Å². The Hall–Kier alpha value is -2.48. The van der Waals surface area contributed by atoms with Gasteiger partial charge in [0.2, 0.25) is 0 Å². The van der Waals surface area contributed by atoms with Crippen LogP contribution in [0.2, 0.25) is 0 Å². The second-order valence-corrected chi connectivity index (χ2v) is 5.99. The van der Waals surface area contributed by atoms with Crippen molar-refractivity contribution in [2.24, 2.45) is 4.99 Å². The average Bonchev–Trinajstić information content (AvgIpc) is 2.88. The molecule has 0 spiro atoms. The molecule has 2 rings (SSSR count). The maximum absolute atomic E-state index is 12.2. The third-order valence-corrected chi connectivity index (χ3v) is 4.48. The molecular weight excluding hydrogens is 344 g/mol. The Balaban J connectivity index is 2.17. The molecule has 1 aliphatic rings. The van der Waals surface area contributed by atoms with Gasteiger partial charge in [-0.3, -0.25) is 14.7 Å². The van der Waals surface area contributed by atoms with Crippen LogP contribution >= 0.6 is 11.8 Å². The van der Waals surface area contributed by atoms with Crippen molar-refractivity contribution in [2.75, 3.05) is 34.4 Å². The zero-order chi connectivity index (χ0) is 18.4. The summed E-state index contributed by atoms with van der Waals surface area (Å²) in [4.78, 5) is 29.7. The minimum atomic E-state index is -0.446. The first-order valence-corrected chi connectivity index (χ1v) is 8.42. The van der Waals surface area contributed by atoms with Gasteiger partial charge in [-0.15, -0.1) is 0 Å². The van der Waals surface area contributed by atoms with Crippen LogP contribution in [-0.2, 0) is 14.3 Å². The molecule has 0 unspecified atom stereocenters. The van der Waals surface area contributed by atoms with Crippen molar-refractivity contribution in [3.63, 3.8) is 0 Å². The van der Waals surface area contributed by atoms with Crippen LogP contribution in [0.1, 0.15) is 12.5 Å². The van der Waals surface area contributed by atoms with Gasteiger partial charge in [-0.2, -0.15) is 0 Å². The van der Waals surface area contributed by atoms with E-state index in [1.165, 1.54) is 23.8 Å². The van der Waals surface area contributed by atoms with Crippen molar-refractivity contribution < 1.29 is 23.8 Å². The summed E-state index contributed by atoms with van der Waals surface area (Å²) in [6, 6.07) is 5.21. The summed E-state index contributed by atoms with van der Waals surface area (Å²) in [6.07, 6.45) is 1.76. The largest absolute Gasteiger partial charge is 0.493 e. The summed E-state index contributed by atoms with van der Waals surface area (Å²) in [5.41, 5.74) is 0.780. The summed E-state index contributed by atoms with van der Waals surface area (Å²) in [5, 5.41) is 0.651. The van der Waals surface area contributed by atoms with Crippen molar-refractivity contribution in [3.8, 4) is 11.5 Å². The third-order valence-electron chi connectivity index (χ3n) is 3.33. The number of likely N-dealkylation sites (N-methyl/N-ethyl adjacent to an activating group) is 1. The average molecular weight is 364 g/mol. The SMILES string of the molecule is CCOC(=O)COc1ccc(/C=C2/SC(=NC)N(C)C2=O)cc1OC. The van der Waals surface area contributed by atoms with Crippen molar-refractivity contribution >= 4 is 34.9 Å². The van der Waals surface area contributed by atoms with Gasteiger partial charge in [-0.25, -0.2) is 4.79 Å². The van der Waals surface area contributed by atoms with Crippen LogP contribution in [-0.4, -0.2) is 56.4 Å². The number of thioether (sulfide) groups is 1. The molecule has 0 N–H and O–H groups in total. The van der Waals surface area contributed by atoms with Crippen LogP contribution < -0.4 is 9.47 Å². The van der Waals surface area contributed by atoms with Crippen LogP contribution in [0, 0.1) is 0 Å². The maximum Gasteiger partial charge on any atom is 0.344 e. The smallest absolute Gasteiger partial charge is 0.344 e. The lowest BCUT2D eigenvalue weighted by Gasteiger charge is -2.11. The highest BCUT2D eigenvalue weighted by molar-refractivity contribution is 8.18. The normalized spacial score (nSPS) is 17.3. The van der Waals surface area contributed by atoms with Crippen molar-refractivity contribution in [1.29, 1.82) is 0 Å². The van der Waals surface area contributed by atoms with E-state index in [4.69, 9.17) is 14.2 Å². The number of esters is 1. The highest BCUT2D eigenvalue weighted by Crippen LogP contribution is 2.33. The maximum atomic E-state index is 12.2. The van der Waals surface area contributed by atoms with Crippen molar-refractivity contribution in [2.45, 2.75) is 6.92 Å². The van der Waals surface area contributed by atoms with Crippen molar-refractivity contribution in [1.82, 2.24) is 4.90 Å². The minimum Gasteiger partial charge on any atom is -0.493 e. The molecule has 7 nitrogen and oxygen atoms in total. The first kappa shape index (κ1) is 18.9. The second-order valence-electron chi connectivity index (χ2n) is 4.98. The molecule has 1 aliphatic heterocycles. The molecule has 0 aliphatic carbocycles. The van der Waals surface area contributed by atoms with E-state index in [2.05, 4.69) is 4.99 Å². The molecule has 1 heterocycles. The number of carbonyl (C=O) groups is 2. The first-order valence-electron chi connectivity index (χ1n) is 7.61. The number of hydrogen-bond donors (Lipinski definition) is 0. The van der Waals surface area contributed by atoms with Crippen LogP contribution in [0.3, 0.4) is 0 Å². The summed E-state index contributed by atoms with van der Waals surface area (Å²) in [6.45, 7) is 1.84. The molecule has 1 amide bonds. The topological polar surface area (TPSA) is 77.4 Å². The molecule has 1 aromatic carbocycles. The third kappa shape index (κ3) is 4.54. The lowest BCUT2D eigenvalue weighted by atomic mass is 10.2. The molecule has 0 radical (unpaired) electrons. The number of nitrogens with zero attached hydrogens (tertiary/aromatic N) is 2. The number of methoxy groups -OCH3 is 1. The summed E-state index contributed by atoms with van der Waals surface area (Å²) in [5.74, 6) is 0.341. The molecule has 0 bridgehead atoms. The van der Waals surface area contributed by atoms with Gasteiger partial charge in [-0.05, 0) is 42.5 Å². The van der Waals surface area contributed by atoms with E-state index in [0.717, 1.165) is 5.56 Å². The molecule has 1 saturated heterocycles. The van der Waals surface area contributed by atoms with Gasteiger partial charge in [0, 0.05) is 14.1 Å². The van der Waals surface area contributed by atoms with Gasteiger partial charge < -0.3 is 14.2 Å². The van der Waals surface area contributed by atoms with E-state index in [1.54, 1.807) is 45.3 Å². The Labute approximate surface area is 150 Å². The molecule has 1 aromatic rings. The summed E-state index contributed by atoms with van der Waals surface area (Å²) >= 11 is 1.31. The van der Waals surface area contributed by atoms with Crippen LogP contribution in [0.15, 0.2) is 28.1 Å². The zero-order valence-corrected chi connectivity index (χ0v) is 15.4. The van der Waals surface area contributed by atoms with E-state index in [9.17, 15) is 9.59 Å². The van der Waals surface area contributed by atoms with Gasteiger partial charge in [0.05, 0.1) is 18.6 Å². The zero-order valence-electron chi connectivity index (χ0n) is 14.6. The molecule has 0 aromatic heterocycles. The van der Waals surface area contributed by atoms with Crippen LogP contribution in [0.4, 0.5) is 0 Å². The van der Waals surface area contributed by atoms with E-state index in [0.29, 0.717) is 28.2 Å². The quantitative estimate of drug-likeness (QED) is 0.569. The van der Waals surface area contributed by atoms with Crippen molar-refractivity contribution in [3.05, 3.63) is 28.7 Å². The van der Waals surface area contributed by atoms with Gasteiger partial charge in [0.25, 0.3) is 5.91 Å². The van der Waals surface area contributed by atoms with E-state index >= 15 is 0 Å². The summed E-state index contributed by atoms with van der Waals surface area (Å²) in [7, 11) is 4.84. The molecule has 1 fully saturated rings. The minimum absolute atomic E-state index is 0.104. The fourth-order valence-corrected chi connectivity index (χ4v) is 3.06.